The van der Waals surface area contributed by atoms with Crippen LogP contribution < -0.4 is 10.6 Å². The lowest BCUT2D eigenvalue weighted by atomic mass is 10.1. The summed E-state index contributed by atoms with van der Waals surface area (Å²) in [5, 5.41) is 13.9. The maximum Gasteiger partial charge on any atom is 0.408 e. The molecule has 0 aliphatic rings. The third-order valence-electron chi connectivity index (χ3n) is 4.56. The van der Waals surface area contributed by atoms with Gasteiger partial charge >= 0.3 is 24.1 Å². The maximum atomic E-state index is 12.2. The van der Waals surface area contributed by atoms with Gasteiger partial charge in [-0.2, -0.15) is 0 Å². The molecule has 0 aromatic carbocycles. The number of ether oxygens (including phenoxy) is 3. The second-order valence-corrected chi connectivity index (χ2v) is 12.3. The quantitative estimate of drug-likeness (QED) is 0.146. The first kappa shape index (κ1) is 37.6. The van der Waals surface area contributed by atoms with Crippen molar-refractivity contribution in [2.75, 3.05) is 0 Å². The summed E-state index contributed by atoms with van der Waals surface area (Å²) < 4.78 is 15.6. The first-order valence-electron chi connectivity index (χ1n) is 13.7. The second kappa shape index (κ2) is 17.9. The summed E-state index contributed by atoms with van der Waals surface area (Å²) in [5.41, 5.74) is -1.78. The summed E-state index contributed by atoms with van der Waals surface area (Å²) >= 11 is 0. The molecule has 0 saturated heterocycles. The second-order valence-electron chi connectivity index (χ2n) is 12.3. The summed E-state index contributed by atoms with van der Waals surface area (Å²) in [6, 6.07) is -1.53. The molecule has 224 valence electrons. The minimum Gasteiger partial charge on any atom is -0.480 e. The highest BCUT2D eigenvalue weighted by molar-refractivity contribution is 5.81. The number of hydrogen-bond acceptors (Lipinski definition) is 7. The molecule has 0 heterocycles. The number of rotatable bonds is 12. The van der Waals surface area contributed by atoms with Gasteiger partial charge in [-0.1, -0.05) is 52.4 Å². The fourth-order valence-electron chi connectivity index (χ4n) is 2.98. The molecule has 0 rings (SSSR count). The molecule has 10 nitrogen and oxygen atoms in total. The van der Waals surface area contributed by atoms with Crippen molar-refractivity contribution in [3.63, 3.8) is 0 Å². The molecule has 0 aromatic heterocycles. The number of nitrogens with one attached hydrogen (secondary N) is 2. The SMILES string of the molecule is CCCCC[C@H](NC(=O)OC(C)(C)C)C(=O)O.CCCCC[C@H](NC(=O)OC(C)(C)C)C(=O)OC(C)(C)C. The molecule has 0 bridgehead atoms. The number of hydrogen-bond donors (Lipinski definition) is 3. The normalized spacial score (nSPS) is 13.2. The van der Waals surface area contributed by atoms with E-state index in [-0.39, 0.29) is 0 Å². The first-order valence-corrected chi connectivity index (χ1v) is 13.7. The number of carbonyl (C=O) groups excluding carboxylic acids is 3. The lowest BCUT2D eigenvalue weighted by Gasteiger charge is -2.26. The molecular formula is C28H54N2O8. The van der Waals surface area contributed by atoms with Gasteiger partial charge in [-0.05, 0) is 75.2 Å². The Morgan fingerprint density at radius 3 is 1.26 bits per heavy atom. The van der Waals surface area contributed by atoms with Gasteiger partial charge in [0.1, 0.15) is 28.9 Å². The van der Waals surface area contributed by atoms with Gasteiger partial charge in [-0.3, -0.25) is 0 Å². The topological polar surface area (TPSA) is 140 Å². The van der Waals surface area contributed by atoms with E-state index >= 15 is 0 Å². The predicted octanol–water partition coefficient (Wildman–Crippen LogP) is 6.35. The van der Waals surface area contributed by atoms with Crippen LogP contribution in [0.5, 0.6) is 0 Å². The Balaban J connectivity index is 0. The van der Waals surface area contributed by atoms with Crippen molar-refractivity contribution in [2.45, 2.75) is 156 Å². The number of carboxylic acids is 1. The van der Waals surface area contributed by atoms with Crippen molar-refractivity contribution in [3.8, 4) is 0 Å². The molecule has 0 aromatic rings. The van der Waals surface area contributed by atoms with E-state index in [0.29, 0.717) is 12.8 Å². The summed E-state index contributed by atoms with van der Waals surface area (Å²) in [7, 11) is 0. The number of carbonyl (C=O) groups is 4. The van der Waals surface area contributed by atoms with Crippen molar-refractivity contribution in [3.05, 3.63) is 0 Å². The molecule has 0 aliphatic heterocycles. The van der Waals surface area contributed by atoms with Crippen LogP contribution in [-0.4, -0.2) is 58.1 Å². The van der Waals surface area contributed by atoms with Crippen LogP contribution >= 0.6 is 0 Å². The van der Waals surface area contributed by atoms with E-state index in [1.807, 2.05) is 27.7 Å². The van der Waals surface area contributed by atoms with Crippen molar-refractivity contribution in [1.29, 1.82) is 0 Å². The molecule has 2 amide bonds. The van der Waals surface area contributed by atoms with Crippen molar-refractivity contribution in [2.24, 2.45) is 0 Å². The Bertz CT molecular complexity index is 718. The fourth-order valence-corrected chi connectivity index (χ4v) is 2.98. The van der Waals surface area contributed by atoms with Crippen LogP contribution in [0.4, 0.5) is 9.59 Å². The number of unbranched alkanes of at least 4 members (excludes halogenated alkanes) is 4. The molecule has 0 radical (unpaired) electrons. The number of aliphatic carboxylic acids is 1. The van der Waals surface area contributed by atoms with Crippen LogP contribution in [0.25, 0.3) is 0 Å². The van der Waals surface area contributed by atoms with Gasteiger partial charge in [-0.25, -0.2) is 19.2 Å². The summed E-state index contributed by atoms with van der Waals surface area (Å²) in [6.45, 7) is 20.1. The van der Waals surface area contributed by atoms with Crippen LogP contribution in [0.2, 0.25) is 0 Å². The zero-order valence-electron chi connectivity index (χ0n) is 25.6. The minimum absolute atomic E-state index is 0.413. The lowest BCUT2D eigenvalue weighted by Crippen LogP contribution is -2.46. The highest BCUT2D eigenvalue weighted by Gasteiger charge is 2.28. The zero-order valence-corrected chi connectivity index (χ0v) is 25.6. The summed E-state index contributed by atoms with van der Waals surface area (Å²) in [5.74, 6) is -1.43. The van der Waals surface area contributed by atoms with E-state index in [1.165, 1.54) is 0 Å². The van der Waals surface area contributed by atoms with Gasteiger partial charge in [-0.15, -0.1) is 0 Å². The Kier molecular flexibility index (Phi) is 17.7. The third kappa shape index (κ3) is 23.9. The number of esters is 1. The molecule has 3 N–H and O–H groups in total. The van der Waals surface area contributed by atoms with Crippen LogP contribution in [0.3, 0.4) is 0 Å². The minimum atomic E-state index is -1.02. The van der Waals surface area contributed by atoms with Crippen LogP contribution in [0, 0.1) is 0 Å². The Morgan fingerprint density at radius 1 is 0.605 bits per heavy atom. The fraction of sp³-hybridized carbons (Fsp3) is 0.857. The summed E-state index contributed by atoms with van der Waals surface area (Å²) in [6.07, 6.45) is 5.39. The monoisotopic (exact) mass is 546 g/mol. The Morgan fingerprint density at radius 2 is 0.947 bits per heavy atom. The number of carboxylic acid groups (broad SMARTS) is 1. The van der Waals surface area contributed by atoms with Gasteiger partial charge < -0.3 is 30.0 Å². The summed E-state index contributed by atoms with van der Waals surface area (Å²) in [4.78, 5) is 46.3. The highest BCUT2D eigenvalue weighted by Crippen LogP contribution is 2.14. The molecule has 0 saturated carbocycles. The van der Waals surface area contributed by atoms with Gasteiger partial charge in [0.25, 0.3) is 0 Å². The van der Waals surface area contributed by atoms with Gasteiger partial charge in [0.2, 0.25) is 0 Å². The molecule has 10 heteroatoms. The Hall–Kier alpha value is -2.52. The van der Waals surface area contributed by atoms with E-state index in [0.717, 1.165) is 38.5 Å². The van der Waals surface area contributed by atoms with E-state index < -0.39 is 53.0 Å². The molecule has 0 spiro atoms. The van der Waals surface area contributed by atoms with Gasteiger partial charge in [0, 0.05) is 0 Å². The zero-order chi connectivity index (χ0) is 30.2. The first-order chi connectivity index (χ1) is 17.2. The molecule has 0 aliphatic carbocycles. The lowest BCUT2D eigenvalue weighted by molar-refractivity contribution is -0.157. The van der Waals surface area contributed by atoms with E-state index in [1.54, 1.807) is 41.5 Å². The molecular weight excluding hydrogens is 492 g/mol. The van der Waals surface area contributed by atoms with Crippen molar-refractivity contribution in [1.82, 2.24) is 10.6 Å². The van der Waals surface area contributed by atoms with Crippen molar-refractivity contribution < 1.29 is 38.5 Å². The van der Waals surface area contributed by atoms with E-state index in [4.69, 9.17) is 19.3 Å². The highest BCUT2D eigenvalue weighted by atomic mass is 16.6. The van der Waals surface area contributed by atoms with E-state index in [2.05, 4.69) is 17.6 Å². The largest absolute Gasteiger partial charge is 0.480 e. The van der Waals surface area contributed by atoms with Gasteiger partial charge in [0.05, 0.1) is 0 Å². The maximum absolute atomic E-state index is 12.2. The smallest absolute Gasteiger partial charge is 0.408 e. The van der Waals surface area contributed by atoms with Crippen molar-refractivity contribution >= 4 is 24.1 Å². The van der Waals surface area contributed by atoms with Crippen LogP contribution in [-0.2, 0) is 23.8 Å². The van der Waals surface area contributed by atoms with Gasteiger partial charge in [0.15, 0.2) is 0 Å². The molecule has 0 unspecified atom stereocenters. The van der Waals surface area contributed by atoms with Crippen LogP contribution in [0.1, 0.15) is 128 Å². The average Bonchev–Trinajstić information content (AvgIpc) is 2.69. The van der Waals surface area contributed by atoms with E-state index in [9.17, 15) is 19.2 Å². The standard InChI is InChI=1S/C16H31NO4.C12H23NO4/c1-8-9-10-11-12(13(18)20-15(2,3)4)17-14(19)21-16(5,6)7;1-5-6-7-8-9(10(14)15)13-11(16)17-12(2,3)4/h12H,8-11H2,1-7H3,(H,17,19);9H,5-8H2,1-4H3,(H,13,16)(H,14,15)/t12-;9-/m00/s1. The molecule has 0 fully saturated rings. The number of amides is 2. The average molecular weight is 547 g/mol. The molecule has 2 atom stereocenters. The third-order valence-corrected chi connectivity index (χ3v) is 4.56. The molecule has 38 heavy (non-hydrogen) atoms. The Labute approximate surface area is 229 Å². The number of alkyl carbamates (subject to hydrolysis) is 2. The van der Waals surface area contributed by atoms with Crippen LogP contribution in [0.15, 0.2) is 0 Å². The predicted molar refractivity (Wildman–Crippen MR) is 148 cm³/mol.